The molecule has 0 bridgehead atoms. The first-order chi connectivity index (χ1) is 14.4. The molecule has 9 heteroatoms. The van der Waals surface area contributed by atoms with Crippen LogP contribution in [0.4, 0.5) is 23.3 Å². The number of nitrogens with one attached hydrogen (secondary N) is 1. The second kappa shape index (κ2) is 8.27. The van der Waals surface area contributed by atoms with Crippen LogP contribution in [0.2, 0.25) is 0 Å². The van der Waals surface area contributed by atoms with E-state index in [-0.39, 0.29) is 12.0 Å². The van der Waals surface area contributed by atoms with Gasteiger partial charge in [0.05, 0.1) is 11.6 Å². The Morgan fingerprint density at radius 2 is 2.00 bits per heavy atom. The van der Waals surface area contributed by atoms with Gasteiger partial charge in [-0.15, -0.1) is 0 Å². The monoisotopic (exact) mass is 422 g/mol. The molecule has 4 rings (SSSR count). The smallest absolute Gasteiger partial charge is 0.223 e. The predicted octanol–water partition coefficient (Wildman–Crippen LogP) is 2.73. The van der Waals surface area contributed by atoms with Crippen LogP contribution in [0, 0.1) is 5.92 Å². The first kappa shape index (κ1) is 20.1. The van der Waals surface area contributed by atoms with Gasteiger partial charge in [-0.1, -0.05) is 19.9 Å². The van der Waals surface area contributed by atoms with Gasteiger partial charge in [0.25, 0.3) is 0 Å². The van der Waals surface area contributed by atoms with E-state index in [1.807, 2.05) is 24.3 Å². The summed E-state index contributed by atoms with van der Waals surface area (Å²) in [4.78, 5) is 17.2. The molecule has 1 atom stereocenters. The number of rotatable bonds is 3. The standard InChI is InChI=1S/C21H26N8S/c1-13(2)17-12-28(19-11-18(22)26-20(23)27-19)9-10-29(17)21(30)25-16-7-3-6-15-14(16)5-4-8-24-15/h3-8,11,13,17H,9-10,12H2,1-2H3,(H,25,30)(H4,22,23,26,27). The lowest BCUT2D eigenvalue weighted by Gasteiger charge is -2.45. The van der Waals surface area contributed by atoms with Crippen molar-refractivity contribution >= 4 is 51.5 Å². The molecule has 1 aliphatic rings. The van der Waals surface area contributed by atoms with Crippen LogP contribution in [-0.2, 0) is 0 Å². The van der Waals surface area contributed by atoms with E-state index in [9.17, 15) is 0 Å². The molecule has 8 nitrogen and oxygen atoms in total. The number of aromatic nitrogens is 3. The maximum Gasteiger partial charge on any atom is 0.223 e. The van der Waals surface area contributed by atoms with Crippen molar-refractivity contribution in [3.63, 3.8) is 0 Å². The molecule has 30 heavy (non-hydrogen) atoms. The van der Waals surface area contributed by atoms with E-state index in [4.69, 9.17) is 23.7 Å². The summed E-state index contributed by atoms with van der Waals surface area (Å²) in [5.74, 6) is 1.71. The summed E-state index contributed by atoms with van der Waals surface area (Å²) in [7, 11) is 0. The second-order valence-electron chi connectivity index (χ2n) is 7.77. The third kappa shape index (κ3) is 4.06. The molecule has 3 heterocycles. The molecule has 3 aromatic rings. The maximum atomic E-state index is 5.86. The normalized spacial score (nSPS) is 16.8. The Morgan fingerprint density at radius 3 is 2.77 bits per heavy atom. The minimum Gasteiger partial charge on any atom is -0.383 e. The molecule has 0 spiro atoms. The molecular weight excluding hydrogens is 396 g/mol. The van der Waals surface area contributed by atoms with Crippen molar-refractivity contribution in [3.05, 3.63) is 42.6 Å². The molecule has 0 aliphatic carbocycles. The Labute approximate surface area is 181 Å². The number of fused-ring (bicyclic) bond motifs is 1. The zero-order valence-corrected chi connectivity index (χ0v) is 17.9. The van der Waals surface area contributed by atoms with Crippen LogP contribution < -0.4 is 21.7 Å². The van der Waals surface area contributed by atoms with Crippen molar-refractivity contribution in [2.24, 2.45) is 5.92 Å². The van der Waals surface area contributed by atoms with E-state index >= 15 is 0 Å². The number of piperazine rings is 1. The second-order valence-corrected chi connectivity index (χ2v) is 8.15. The van der Waals surface area contributed by atoms with Gasteiger partial charge in [0.15, 0.2) is 5.11 Å². The summed E-state index contributed by atoms with van der Waals surface area (Å²) in [5, 5.41) is 5.21. The van der Waals surface area contributed by atoms with Gasteiger partial charge in [-0.2, -0.15) is 9.97 Å². The molecule has 1 aliphatic heterocycles. The van der Waals surface area contributed by atoms with E-state index in [0.717, 1.165) is 42.0 Å². The number of hydrogen-bond donors (Lipinski definition) is 3. The Bertz CT molecular complexity index is 1040. The lowest BCUT2D eigenvalue weighted by Crippen LogP contribution is -2.58. The topological polar surface area (TPSA) is 109 Å². The molecule has 1 aromatic carbocycles. The van der Waals surface area contributed by atoms with Gasteiger partial charge in [0.1, 0.15) is 11.6 Å². The van der Waals surface area contributed by atoms with Crippen LogP contribution in [0.3, 0.4) is 0 Å². The maximum absolute atomic E-state index is 5.86. The molecule has 156 valence electrons. The van der Waals surface area contributed by atoms with Gasteiger partial charge in [-0.3, -0.25) is 4.98 Å². The van der Waals surface area contributed by atoms with Crippen molar-refractivity contribution in [2.45, 2.75) is 19.9 Å². The molecular formula is C21H26N8S. The van der Waals surface area contributed by atoms with Gasteiger partial charge in [0.2, 0.25) is 5.95 Å². The average Bonchev–Trinajstić information content (AvgIpc) is 2.73. The number of nitrogen functional groups attached to an aromatic ring is 2. The van der Waals surface area contributed by atoms with Crippen molar-refractivity contribution in [2.75, 3.05) is 41.3 Å². The molecule has 0 saturated carbocycles. The Balaban J connectivity index is 1.54. The Kier molecular flexibility index (Phi) is 5.54. The molecule has 0 amide bonds. The summed E-state index contributed by atoms with van der Waals surface area (Å²) >= 11 is 5.82. The number of benzene rings is 1. The number of anilines is 4. The van der Waals surface area contributed by atoms with Crippen molar-refractivity contribution < 1.29 is 0 Å². The van der Waals surface area contributed by atoms with Crippen LogP contribution in [0.15, 0.2) is 42.6 Å². The highest BCUT2D eigenvalue weighted by Crippen LogP contribution is 2.26. The molecule has 2 aromatic heterocycles. The van der Waals surface area contributed by atoms with Crippen LogP contribution in [0.1, 0.15) is 13.8 Å². The SMILES string of the molecule is CC(C)C1CN(c2cc(N)nc(N)n2)CCN1C(=S)Nc1cccc2ncccc12. The largest absolute Gasteiger partial charge is 0.383 e. The summed E-state index contributed by atoms with van der Waals surface area (Å²) in [5.41, 5.74) is 13.6. The average molecular weight is 423 g/mol. The lowest BCUT2D eigenvalue weighted by atomic mass is 10.00. The molecule has 1 unspecified atom stereocenters. The van der Waals surface area contributed by atoms with Crippen LogP contribution in [-0.4, -0.2) is 50.6 Å². The third-order valence-electron chi connectivity index (χ3n) is 5.41. The van der Waals surface area contributed by atoms with Crippen LogP contribution >= 0.6 is 12.2 Å². The highest BCUT2D eigenvalue weighted by atomic mass is 32.1. The van der Waals surface area contributed by atoms with E-state index in [0.29, 0.717) is 16.8 Å². The summed E-state index contributed by atoms with van der Waals surface area (Å²) in [6.45, 7) is 6.70. The summed E-state index contributed by atoms with van der Waals surface area (Å²) in [6, 6.07) is 12.0. The minimum atomic E-state index is 0.190. The molecule has 1 fully saturated rings. The van der Waals surface area contributed by atoms with Gasteiger partial charge >= 0.3 is 0 Å². The van der Waals surface area contributed by atoms with Crippen LogP contribution in [0.5, 0.6) is 0 Å². The summed E-state index contributed by atoms with van der Waals surface area (Å²) in [6.07, 6.45) is 1.80. The van der Waals surface area contributed by atoms with E-state index < -0.39 is 0 Å². The quantitative estimate of drug-likeness (QED) is 0.549. The fourth-order valence-electron chi connectivity index (χ4n) is 3.87. The minimum absolute atomic E-state index is 0.190. The van der Waals surface area contributed by atoms with Gasteiger partial charge < -0.3 is 26.6 Å². The Morgan fingerprint density at radius 1 is 1.17 bits per heavy atom. The predicted molar refractivity (Wildman–Crippen MR) is 126 cm³/mol. The van der Waals surface area contributed by atoms with Gasteiger partial charge in [-0.05, 0) is 42.4 Å². The number of pyridine rings is 1. The third-order valence-corrected chi connectivity index (χ3v) is 5.75. The Hall–Kier alpha value is -3.20. The fourth-order valence-corrected chi connectivity index (χ4v) is 4.21. The van der Waals surface area contributed by atoms with E-state index in [1.54, 1.807) is 12.3 Å². The number of nitrogens with zero attached hydrogens (tertiary/aromatic N) is 5. The lowest BCUT2D eigenvalue weighted by molar-refractivity contribution is 0.227. The molecule has 0 radical (unpaired) electrons. The zero-order chi connectivity index (χ0) is 21.3. The zero-order valence-electron chi connectivity index (χ0n) is 17.1. The van der Waals surface area contributed by atoms with Gasteiger partial charge in [0, 0.05) is 43.0 Å². The first-order valence-corrected chi connectivity index (χ1v) is 10.4. The van der Waals surface area contributed by atoms with Crippen molar-refractivity contribution in [1.82, 2.24) is 19.9 Å². The number of hydrogen-bond acceptors (Lipinski definition) is 7. The first-order valence-electron chi connectivity index (χ1n) is 9.98. The molecule has 1 saturated heterocycles. The number of nitrogens with two attached hydrogens (primary N) is 2. The highest BCUT2D eigenvalue weighted by molar-refractivity contribution is 7.80. The molecule has 5 N–H and O–H groups in total. The van der Waals surface area contributed by atoms with Crippen molar-refractivity contribution in [1.29, 1.82) is 0 Å². The van der Waals surface area contributed by atoms with E-state index in [1.165, 1.54) is 0 Å². The highest BCUT2D eigenvalue weighted by Gasteiger charge is 2.32. The van der Waals surface area contributed by atoms with Crippen molar-refractivity contribution in [3.8, 4) is 0 Å². The fraction of sp³-hybridized carbons (Fsp3) is 0.333. The summed E-state index contributed by atoms with van der Waals surface area (Å²) < 4.78 is 0. The van der Waals surface area contributed by atoms with Gasteiger partial charge in [-0.25, -0.2) is 0 Å². The van der Waals surface area contributed by atoms with E-state index in [2.05, 4.69) is 50.0 Å². The number of thiocarbonyl (C=S) groups is 1. The van der Waals surface area contributed by atoms with Crippen LogP contribution in [0.25, 0.3) is 10.9 Å².